The van der Waals surface area contributed by atoms with Gasteiger partial charge in [0.05, 0.1) is 5.56 Å². The fraction of sp³-hybridized carbons (Fsp3) is 0.588. The third-order valence-electron chi connectivity index (χ3n) is 3.47. The molecule has 0 unspecified atom stereocenters. The van der Waals surface area contributed by atoms with Crippen LogP contribution in [0.4, 0.5) is 5.69 Å². The third-order valence-corrected chi connectivity index (χ3v) is 3.70. The number of carbonyl (C=O) groups is 1. The second-order valence-electron chi connectivity index (χ2n) is 5.52. The summed E-state index contributed by atoms with van der Waals surface area (Å²) in [4.78, 5) is 14.8. The molecule has 4 heteroatoms. The lowest BCUT2D eigenvalue weighted by atomic mass is 10.1. The van der Waals surface area contributed by atoms with Crippen LogP contribution >= 0.6 is 11.6 Å². The smallest absolute Gasteiger partial charge is 0.256 e. The third kappa shape index (κ3) is 5.24. The molecule has 0 aromatic heterocycles. The highest BCUT2D eigenvalue weighted by Gasteiger charge is 2.21. The highest BCUT2D eigenvalue weighted by Crippen LogP contribution is 2.23. The van der Waals surface area contributed by atoms with Gasteiger partial charge in [0.25, 0.3) is 5.91 Å². The van der Waals surface area contributed by atoms with Gasteiger partial charge in [0.1, 0.15) is 0 Å². The Balaban J connectivity index is 2.99. The first-order valence-corrected chi connectivity index (χ1v) is 8.23. The normalized spacial score (nSPS) is 10.8. The van der Waals surface area contributed by atoms with E-state index in [1.807, 2.05) is 24.0 Å². The molecule has 3 nitrogen and oxygen atoms in total. The molecule has 0 aliphatic heterocycles. The highest BCUT2D eigenvalue weighted by molar-refractivity contribution is 6.31. The van der Waals surface area contributed by atoms with Gasteiger partial charge >= 0.3 is 0 Å². The van der Waals surface area contributed by atoms with Crippen LogP contribution < -0.4 is 5.32 Å². The molecular weight excluding hydrogens is 284 g/mol. The standard InChI is InChI=1S/C17H27ClN2O/c1-5-7-8-11-20(13(3)4)17(21)15-12-14(18)9-10-16(15)19-6-2/h9-10,12-13,19H,5-8,11H2,1-4H3. The number of unbranched alkanes of at least 4 members (excludes halogenated alkanes) is 2. The van der Waals surface area contributed by atoms with Gasteiger partial charge in [-0.2, -0.15) is 0 Å². The molecule has 118 valence electrons. The van der Waals surface area contributed by atoms with Gasteiger partial charge in [-0.15, -0.1) is 0 Å². The zero-order chi connectivity index (χ0) is 15.8. The van der Waals surface area contributed by atoms with Gasteiger partial charge in [-0.05, 0) is 45.4 Å². The van der Waals surface area contributed by atoms with E-state index in [1.54, 1.807) is 6.07 Å². The molecule has 0 atom stereocenters. The molecule has 0 spiro atoms. The number of rotatable bonds is 8. The summed E-state index contributed by atoms with van der Waals surface area (Å²) in [5.41, 5.74) is 1.52. The minimum atomic E-state index is 0.0551. The van der Waals surface area contributed by atoms with Crippen molar-refractivity contribution in [1.82, 2.24) is 4.90 Å². The molecule has 0 aliphatic rings. The van der Waals surface area contributed by atoms with E-state index in [0.29, 0.717) is 10.6 Å². The molecule has 1 aromatic rings. The average molecular weight is 311 g/mol. The van der Waals surface area contributed by atoms with Crippen molar-refractivity contribution in [2.45, 2.75) is 53.0 Å². The lowest BCUT2D eigenvalue weighted by Gasteiger charge is -2.28. The molecule has 1 aromatic carbocycles. The molecule has 0 fully saturated rings. The van der Waals surface area contributed by atoms with E-state index in [-0.39, 0.29) is 11.9 Å². The van der Waals surface area contributed by atoms with Crippen molar-refractivity contribution in [3.63, 3.8) is 0 Å². The Bertz CT molecular complexity index is 460. The predicted octanol–water partition coefficient (Wildman–Crippen LogP) is 4.81. The molecule has 1 N–H and O–H groups in total. The molecule has 0 saturated heterocycles. The van der Waals surface area contributed by atoms with E-state index in [9.17, 15) is 4.79 Å². The molecule has 21 heavy (non-hydrogen) atoms. The summed E-state index contributed by atoms with van der Waals surface area (Å²) in [5, 5.41) is 3.83. The fourth-order valence-electron chi connectivity index (χ4n) is 2.32. The quantitative estimate of drug-likeness (QED) is 0.699. The lowest BCUT2D eigenvalue weighted by Crippen LogP contribution is -2.38. The summed E-state index contributed by atoms with van der Waals surface area (Å²) in [6.07, 6.45) is 3.34. The van der Waals surface area contributed by atoms with Crippen LogP contribution in [0.3, 0.4) is 0 Å². The zero-order valence-corrected chi connectivity index (χ0v) is 14.3. The largest absolute Gasteiger partial charge is 0.385 e. The highest BCUT2D eigenvalue weighted by atomic mass is 35.5. The number of nitrogens with zero attached hydrogens (tertiary/aromatic N) is 1. The summed E-state index contributed by atoms with van der Waals surface area (Å²) < 4.78 is 0. The second kappa shape index (κ2) is 8.93. The first kappa shape index (κ1) is 17.8. The minimum Gasteiger partial charge on any atom is -0.385 e. The Labute approximate surface area is 133 Å². The van der Waals surface area contributed by atoms with Crippen molar-refractivity contribution < 1.29 is 4.79 Å². The summed E-state index contributed by atoms with van der Waals surface area (Å²) in [7, 11) is 0. The number of amides is 1. The maximum Gasteiger partial charge on any atom is 0.256 e. The zero-order valence-electron chi connectivity index (χ0n) is 13.6. The first-order valence-electron chi connectivity index (χ1n) is 7.85. The SMILES string of the molecule is CCCCCN(C(=O)c1cc(Cl)ccc1NCC)C(C)C. The monoisotopic (exact) mass is 310 g/mol. The summed E-state index contributed by atoms with van der Waals surface area (Å²) in [6.45, 7) is 9.87. The number of nitrogens with one attached hydrogen (secondary N) is 1. The van der Waals surface area contributed by atoms with Crippen molar-refractivity contribution >= 4 is 23.2 Å². The summed E-state index contributed by atoms with van der Waals surface area (Å²) in [6, 6.07) is 5.64. The van der Waals surface area contributed by atoms with Gasteiger partial charge in [-0.25, -0.2) is 0 Å². The minimum absolute atomic E-state index is 0.0551. The van der Waals surface area contributed by atoms with Crippen molar-refractivity contribution in [3.8, 4) is 0 Å². The molecular formula is C17H27ClN2O. The predicted molar refractivity (Wildman–Crippen MR) is 91.3 cm³/mol. The summed E-state index contributed by atoms with van der Waals surface area (Å²) in [5.74, 6) is 0.0551. The molecule has 0 saturated carbocycles. The molecule has 1 rings (SSSR count). The van der Waals surface area contributed by atoms with Gasteiger partial charge in [0, 0.05) is 29.8 Å². The van der Waals surface area contributed by atoms with Gasteiger partial charge < -0.3 is 10.2 Å². The van der Waals surface area contributed by atoms with Crippen LogP contribution in [-0.4, -0.2) is 29.9 Å². The second-order valence-corrected chi connectivity index (χ2v) is 5.96. The fourth-order valence-corrected chi connectivity index (χ4v) is 2.49. The summed E-state index contributed by atoms with van der Waals surface area (Å²) >= 11 is 6.07. The first-order chi connectivity index (χ1) is 10.0. The molecule has 0 heterocycles. The molecule has 0 aliphatic carbocycles. The Kier molecular flexibility index (Phi) is 7.58. The van der Waals surface area contributed by atoms with E-state index in [0.717, 1.165) is 38.0 Å². The number of hydrogen-bond donors (Lipinski definition) is 1. The molecule has 0 radical (unpaired) electrons. The number of anilines is 1. The van der Waals surface area contributed by atoms with Crippen LogP contribution in [-0.2, 0) is 0 Å². The number of carbonyl (C=O) groups excluding carboxylic acids is 1. The van der Waals surface area contributed by atoms with Crippen LogP contribution in [0.1, 0.15) is 57.3 Å². The van der Waals surface area contributed by atoms with Crippen molar-refractivity contribution in [2.75, 3.05) is 18.4 Å². The van der Waals surface area contributed by atoms with Gasteiger partial charge in [-0.1, -0.05) is 31.4 Å². The van der Waals surface area contributed by atoms with E-state index in [2.05, 4.69) is 26.1 Å². The molecule has 0 bridgehead atoms. The van der Waals surface area contributed by atoms with Crippen molar-refractivity contribution in [1.29, 1.82) is 0 Å². The van der Waals surface area contributed by atoms with Crippen LogP contribution in [0.2, 0.25) is 5.02 Å². The number of hydrogen-bond acceptors (Lipinski definition) is 2. The van der Waals surface area contributed by atoms with Crippen LogP contribution in [0.5, 0.6) is 0 Å². The van der Waals surface area contributed by atoms with Crippen LogP contribution in [0.25, 0.3) is 0 Å². The van der Waals surface area contributed by atoms with Crippen molar-refractivity contribution in [2.24, 2.45) is 0 Å². The Hall–Kier alpha value is -1.22. The maximum absolute atomic E-state index is 12.9. The average Bonchev–Trinajstić information content (AvgIpc) is 2.44. The Morgan fingerprint density at radius 1 is 1.29 bits per heavy atom. The van der Waals surface area contributed by atoms with E-state index >= 15 is 0 Å². The van der Waals surface area contributed by atoms with Gasteiger partial charge in [0.2, 0.25) is 0 Å². The molecule has 1 amide bonds. The number of halogens is 1. The maximum atomic E-state index is 12.9. The van der Waals surface area contributed by atoms with E-state index in [4.69, 9.17) is 11.6 Å². The van der Waals surface area contributed by atoms with Gasteiger partial charge in [-0.3, -0.25) is 4.79 Å². The Morgan fingerprint density at radius 3 is 2.57 bits per heavy atom. The van der Waals surface area contributed by atoms with Gasteiger partial charge in [0.15, 0.2) is 0 Å². The van der Waals surface area contributed by atoms with Crippen LogP contribution in [0.15, 0.2) is 18.2 Å². The van der Waals surface area contributed by atoms with E-state index < -0.39 is 0 Å². The van der Waals surface area contributed by atoms with Crippen LogP contribution in [0, 0.1) is 0 Å². The topological polar surface area (TPSA) is 32.3 Å². The lowest BCUT2D eigenvalue weighted by molar-refractivity contribution is 0.0703. The van der Waals surface area contributed by atoms with E-state index in [1.165, 1.54) is 0 Å². The van der Waals surface area contributed by atoms with Crippen molar-refractivity contribution in [3.05, 3.63) is 28.8 Å². The Morgan fingerprint density at radius 2 is 2.00 bits per heavy atom. The number of benzene rings is 1.